The lowest BCUT2D eigenvalue weighted by molar-refractivity contribution is -0.696. The lowest BCUT2D eigenvalue weighted by Gasteiger charge is -2.27. The van der Waals surface area contributed by atoms with Crippen molar-refractivity contribution in [3.05, 3.63) is 55.7 Å². The minimum atomic E-state index is -1.49. The van der Waals surface area contributed by atoms with Crippen LogP contribution in [0.25, 0.3) is 5.69 Å². The van der Waals surface area contributed by atoms with E-state index >= 15 is 0 Å². The van der Waals surface area contributed by atoms with Crippen LogP contribution in [0.4, 0.5) is 0 Å². The number of hydrogen-bond acceptors (Lipinski definition) is 7. The van der Waals surface area contributed by atoms with E-state index in [1.807, 2.05) is 0 Å². The SMILES string of the molecule is CSC1(N=O)c2nn(-c3ccccc3Cl)[n+]([O-])c2CCC1N=O. The first-order valence-corrected chi connectivity index (χ1v) is 8.38. The van der Waals surface area contributed by atoms with Gasteiger partial charge in [-0.05, 0) is 34.8 Å². The Hall–Kier alpha value is -2.00. The molecule has 3 rings (SSSR count). The van der Waals surface area contributed by atoms with Crippen LogP contribution in [-0.2, 0) is 11.3 Å². The van der Waals surface area contributed by atoms with Crippen molar-refractivity contribution in [1.29, 1.82) is 0 Å². The fourth-order valence-corrected chi connectivity index (χ4v) is 3.85. The van der Waals surface area contributed by atoms with E-state index in [0.29, 0.717) is 21.2 Å². The molecule has 0 N–H and O–H groups in total. The summed E-state index contributed by atoms with van der Waals surface area (Å²) >= 11 is 7.17. The third-order valence-corrected chi connectivity index (χ3v) is 5.44. The van der Waals surface area contributed by atoms with Gasteiger partial charge in [-0.2, -0.15) is 4.91 Å². The van der Waals surface area contributed by atoms with E-state index in [1.165, 1.54) is 0 Å². The summed E-state index contributed by atoms with van der Waals surface area (Å²) in [7, 11) is 0. The highest BCUT2D eigenvalue weighted by Gasteiger charge is 2.55. The van der Waals surface area contributed by atoms with Gasteiger partial charge in [-0.15, -0.1) is 21.5 Å². The number of nitrogens with zero attached hydrogens (tertiary/aromatic N) is 5. The average molecular weight is 354 g/mol. The Labute approximate surface area is 140 Å². The summed E-state index contributed by atoms with van der Waals surface area (Å²) in [6.45, 7) is 0. The lowest BCUT2D eigenvalue weighted by atomic mass is 9.91. The molecule has 1 aliphatic rings. The second kappa shape index (κ2) is 5.89. The Bertz CT molecular complexity index is 783. The van der Waals surface area contributed by atoms with Crippen LogP contribution < -0.4 is 4.85 Å². The van der Waals surface area contributed by atoms with Crippen LogP contribution in [0.1, 0.15) is 17.8 Å². The quantitative estimate of drug-likeness (QED) is 0.477. The highest BCUT2D eigenvalue weighted by atomic mass is 35.5. The molecule has 23 heavy (non-hydrogen) atoms. The van der Waals surface area contributed by atoms with Gasteiger partial charge < -0.3 is 5.21 Å². The van der Waals surface area contributed by atoms with Gasteiger partial charge in [-0.3, -0.25) is 0 Å². The van der Waals surface area contributed by atoms with Crippen LogP contribution in [0.15, 0.2) is 34.6 Å². The normalized spacial score (nSPS) is 23.3. The Morgan fingerprint density at radius 1 is 1.48 bits per heavy atom. The third kappa shape index (κ3) is 2.22. The van der Waals surface area contributed by atoms with E-state index in [0.717, 1.165) is 16.6 Å². The molecule has 0 spiro atoms. The number of benzene rings is 1. The summed E-state index contributed by atoms with van der Waals surface area (Å²) in [6.07, 6.45) is 2.19. The van der Waals surface area contributed by atoms with E-state index < -0.39 is 10.9 Å². The van der Waals surface area contributed by atoms with Crippen LogP contribution in [0, 0.1) is 15.0 Å². The summed E-state index contributed by atoms with van der Waals surface area (Å²) < 4.78 is 0. The number of halogens is 1. The molecule has 0 bridgehead atoms. The van der Waals surface area contributed by atoms with Crippen molar-refractivity contribution in [2.45, 2.75) is 23.8 Å². The minimum absolute atomic E-state index is 0.172. The molecule has 1 aliphatic carbocycles. The van der Waals surface area contributed by atoms with Crippen LogP contribution in [0.3, 0.4) is 0 Å². The zero-order valence-corrected chi connectivity index (χ0v) is 13.6. The van der Waals surface area contributed by atoms with E-state index in [2.05, 4.69) is 15.5 Å². The maximum Gasteiger partial charge on any atom is 0.266 e. The molecule has 1 aromatic heterocycles. The Morgan fingerprint density at radius 3 is 2.83 bits per heavy atom. The first-order chi connectivity index (χ1) is 11.1. The largest absolute Gasteiger partial charge is 0.692 e. The van der Waals surface area contributed by atoms with Crippen LogP contribution in [-0.4, -0.2) is 22.2 Å². The van der Waals surface area contributed by atoms with Crippen molar-refractivity contribution in [2.75, 3.05) is 6.26 Å². The second-order valence-electron chi connectivity index (χ2n) is 5.06. The van der Waals surface area contributed by atoms with E-state index in [1.54, 1.807) is 30.5 Å². The predicted octanol–water partition coefficient (Wildman–Crippen LogP) is 2.52. The van der Waals surface area contributed by atoms with Gasteiger partial charge in [0.15, 0.2) is 5.69 Å². The van der Waals surface area contributed by atoms with Crippen molar-refractivity contribution in [1.82, 2.24) is 9.90 Å². The smallest absolute Gasteiger partial charge is 0.266 e. The summed E-state index contributed by atoms with van der Waals surface area (Å²) in [5.74, 6) is 0. The zero-order chi connectivity index (χ0) is 16.6. The molecule has 2 unspecified atom stereocenters. The van der Waals surface area contributed by atoms with Gasteiger partial charge in [0, 0.05) is 6.42 Å². The fourth-order valence-electron chi connectivity index (χ4n) is 2.78. The molecule has 2 atom stereocenters. The first-order valence-electron chi connectivity index (χ1n) is 6.78. The molecular formula is C13H12ClN5O3S. The Kier molecular flexibility index (Phi) is 4.07. The maximum atomic E-state index is 12.6. The van der Waals surface area contributed by atoms with Crippen molar-refractivity contribution in [3.8, 4) is 5.69 Å². The standard InChI is InChI=1S/C13H12ClN5O3S/c1-23-13(17-21)11(16-20)7-6-10-12(13)15-18(19(10)22)9-5-3-2-4-8(9)14/h2-5,11H,6-7H2,1H3. The highest BCUT2D eigenvalue weighted by Crippen LogP contribution is 2.46. The number of aromatic nitrogens is 3. The van der Waals surface area contributed by atoms with Crippen molar-refractivity contribution >= 4 is 23.4 Å². The molecule has 8 nitrogen and oxygen atoms in total. The molecule has 0 aliphatic heterocycles. The van der Waals surface area contributed by atoms with Crippen molar-refractivity contribution < 1.29 is 4.85 Å². The molecular weight excluding hydrogens is 342 g/mol. The van der Waals surface area contributed by atoms with E-state index in [-0.39, 0.29) is 18.5 Å². The van der Waals surface area contributed by atoms with E-state index in [4.69, 9.17) is 11.6 Å². The molecule has 120 valence electrons. The molecule has 0 saturated carbocycles. The molecule has 1 heterocycles. The zero-order valence-electron chi connectivity index (χ0n) is 12.0. The molecule has 0 radical (unpaired) electrons. The minimum Gasteiger partial charge on any atom is -0.692 e. The predicted molar refractivity (Wildman–Crippen MR) is 86.4 cm³/mol. The molecule has 2 aromatic rings. The number of fused-ring (bicyclic) bond motifs is 1. The first kappa shape index (κ1) is 15.9. The van der Waals surface area contributed by atoms with Gasteiger partial charge in [0.2, 0.25) is 4.87 Å². The lowest BCUT2D eigenvalue weighted by Crippen LogP contribution is -2.44. The molecule has 10 heteroatoms. The van der Waals surface area contributed by atoms with Gasteiger partial charge in [-0.1, -0.05) is 28.9 Å². The molecule has 1 aromatic carbocycles. The monoisotopic (exact) mass is 353 g/mol. The van der Waals surface area contributed by atoms with Gasteiger partial charge >= 0.3 is 0 Å². The fraction of sp³-hybridized carbons (Fsp3) is 0.385. The summed E-state index contributed by atoms with van der Waals surface area (Å²) in [6, 6.07) is 5.86. The van der Waals surface area contributed by atoms with Crippen LogP contribution in [0.2, 0.25) is 5.02 Å². The van der Waals surface area contributed by atoms with Gasteiger partial charge in [0.25, 0.3) is 5.69 Å². The van der Waals surface area contributed by atoms with Gasteiger partial charge in [0.05, 0.1) is 10.1 Å². The maximum absolute atomic E-state index is 12.6. The van der Waals surface area contributed by atoms with Gasteiger partial charge in [-0.25, -0.2) is 0 Å². The molecule has 0 amide bonds. The topological polar surface area (TPSA) is 104 Å². The van der Waals surface area contributed by atoms with Crippen molar-refractivity contribution in [2.24, 2.45) is 10.4 Å². The molecule has 0 saturated heterocycles. The van der Waals surface area contributed by atoms with Crippen LogP contribution in [0.5, 0.6) is 0 Å². The van der Waals surface area contributed by atoms with E-state index in [9.17, 15) is 15.0 Å². The Morgan fingerprint density at radius 2 is 2.22 bits per heavy atom. The van der Waals surface area contributed by atoms with Crippen molar-refractivity contribution in [3.63, 3.8) is 0 Å². The number of nitroso groups, excluding NO2 is 2. The number of thioether (sulfide) groups is 1. The number of para-hydroxylation sites is 1. The highest BCUT2D eigenvalue weighted by molar-refractivity contribution is 7.99. The number of rotatable bonds is 4. The second-order valence-corrected chi connectivity index (χ2v) is 6.50. The summed E-state index contributed by atoms with van der Waals surface area (Å²) in [5.41, 5.74) is 0.861. The third-order valence-electron chi connectivity index (χ3n) is 3.96. The van der Waals surface area contributed by atoms with Crippen LogP contribution >= 0.6 is 23.4 Å². The summed E-state index contributed by atoms with van der Waals surface area (Å²) in [5, 5.41) is 23.3. The average Bonchev–Trinajstić information content (AvgIpc) is 2.91. The van der Waals surface area contributed by atoms with Gasteiger partial charge in [0.1, 0.15) is 11.7 Å². The summed E-state index contributed by atoms with van der Waals surface area (Å²) in [4.78, 5) is 22.8. The Balaban J connectivity index is 2.24. The number of hydrogen-bond donors (Lipinski definition) is 0. The molecule has 0 fully saturated rings.